The summed E-state index contributed by atoms with van der Waals surface area (Å²) in [5, 5.41) is 5.47. The number of nitrogens with zero attached hydrogens (tertiary/aromatic N) is 1. The topological polar surface area (TPSA) is 53.6 Å². The van der Waals surface area contributed by atoms with Crippen molar-refractivity contribution in [3.63, 3.8) is 0 Å². The first-order valence-electron chi connectivity index (χ1n) is 9.61. The smallest absolute Gasteiger partial charge is 0.422 e. The van der Waals surface area contributed by atoms with E-state index < -0.39 is 12.8 Å². The molecule has 1 heterocycles. The van der Waals surface area contributed by atoms with Gasteiger partial charge in [0.05, 0.1) is 0 Å². The molecule has 0 spiro atoms. The van der Waals surface area contributed by atoms with E-state index in [1.165, 1.54) is 17.8 Å². The fourth-order valence-corrected chi connectivity index (χ4v) is 3.89. The van der Waals surface area contributed by atoms with Crippen molar-refractivity contribution in [2.75, 3.05) is 36.1 Å². The molecule has 30 heavy (non-hydrogen) atoms. The summed E-state index contributed by atoms with van der Waals surface area (Å²) in [4.78, 5) is 14.4. The maximum Gasteiger partial charge on any atom is 0.422 e. The molecule has 0 unspecified atom stereocenters. The number of hydrogen-bond donors (Lipinski definition) is 2. The monoisotopic (exact) mass is 439 g/mol. The number of alkyl halides is 3. The molecule has 2 amide bonds. The maximum atomic E-state index is 12.2. The number of hydrogen-bond acceptors (Lipinski definition) is 4. The van der Waals surface area contributed by atoms with Crippen molar-refractivity contribution in [1.29, 1.82) is 0 Å². The van der Waals surface area contributed by atoms with E-state index in [-0.39, 0.29) is 18.3 Å². The number of nitrogens with one attached hydrogen (secondary N) is 2. The van der Waals surface area contributed by atoms with Gasteiger partial charge in [-0.3, -0.25) is 0 Å². The van der Waals surface area contributed by atoms with Gasteiger partial charge >= 0.3 is 12.2 Å². The van der Waals surface area contributed by atoms with Crippen LogP contribution in [0.15, 0.2) is 48.5 Å². The van der Waals surface area contributed by atoms with Crippen LogP contribution in [0.1, 0.15) is 11.1 Å². The molecule has 0 aliphatic carbocycles. The summed E-state index contributed by atoms with van der Waals surface area (Å²) >= 11 is 1.97. The average Bonchev–Trinajstić information content (AvgIpc) is 2.76. The molecule has 2 aromatic carbocycles. The molecule has 0 aromatic heterocycles. The molecular weight excluding hydrogens is 415 g/mol. The summed E-state index contributed by atoms with van der Waals surface area (Å²) < 4.78 is 41.5. The van der Waals surface area contributed by atoms with E-state index in [0.29, 0.717) is 12.1 Å². The summed E-state index contributed by atoms with van der Waals surface area (Å²) in [6.45, 7) is 1.32. The normalized spacial score (nSPS) is 14.3. The Balaban J connectivity index is 1.41. The highest BCUT2D eigenvalue weighted by molar-refractivity contribution is 7.99. The molecule has 1 saturated heterocycles. The lowest BCUT2D eigenvalue weighted by Crippen LogP contribution is -2.34. The molecule has 0 bridgehead atoms. The van der Waals surface area contributed by atoms with Crippen molar-refractivity contribution in [1.82, 2.24) is 10.6 Å². The SMILES string of the molecule is O=C(NCc1ccc(N2CCSCC2)cc1)NCc1cccc(OCC(F)(F)F)c1. The van der Waals surface area contributed by atoms with Crippen molar-refractivity contribution in [3.05, 3.63) is 59.7 Å². The van der Waals surface area contributed by atoms with Crippen LogP contribution in [0.4, 0.5) is 23.7 Å². The van der Waals surface area contributed by atoms with Crippen LogP contribution in [0.25, 0.3) is 0 Å². The molecule has 1 aliphatic heterocycles. The van der Waals surface area contributed by atoms with Gasteiger partial charge in [0, 0.05) is 43.4 Å². The first-order chi connectivity index (χ1) is 14.4. The van der Waals surface area contributed by atoms with Crippen LogP contribution in [0.3, 0.4) is 0 Å². The van der Waals surface area contributed by atoms with Crippen LogP contribution in [-0.4, -0.2) is 43.4 Å². The molecule has 1 aliphatic rings. The molecule has 3 rings (SSSR count). The van der Waals surface area contributed by atoms with Gasteiger partial charge in [-0.15, -0.1) is 0 Å². The number of halogens is 3. The van der Waals surface area contributed by atoms with Crippen molar-refractivity contribution in [2.45, 2.75) is 19.3 Å². The summed E-state index contributed by atoms with van der Waals surface area (Å²) in [5.74, 6) is 2.39. The summed E-state index contributed by atoms with van der Waals surface area (Å²) in [6.07, 6.45) is -4.39. The Kier molecular flexibility index (Phi) is 7.73. The van der Waals surface area contributed by atoms with Crippen LogP contribution in [0.5, 0.6) is 5.75 Å². The lowest BCUT2D eigenvalue weighted by Gasteiger charge is -2.28. The zero-order chi connectivity index (χ0) is 21.4. The van der Waals surface area contributed by atoms with E-state index in [1.54, 1.807) is 12.1 Å². The number of thioether (sulfide) groups is 1. The quantitative estimate of drug-likeness (QED) is 0.680. The lowest BCUT2D eigenvalue weighted by molar-refractivity contribution is -0.153. The highest BCUT2D eigenvalue weighted by atomic mass is 32.2. The van der Waals surface area contributed by atoms with E-state index in [4.69, 9.17) is 4.74 Å². The minimum absolute atomic E-state index is 0.111. The number of anilines is 1. The van der Waals surface area contributed by atoms with E-state index in [0.717, 1.165) is 30.2 Å². The standard InChI is InChI=1S/C21H24F3N3O2S/c22-21(23,24)15-29-19-3-1-2-17(12-19)14-26-20(28)25-13-16-4-6-18(7-5-16)27-8-10-30-11-9-27/h1-7,12H,8-11,13-15H2,(H2,25,26,28). The number of rotatable bonds is 7. The number of carbonyl (C=O) groups is 1. The molecule has 1 fully saturated rings. The molecule has 2 aromatic rings. The predicted octanol–water partition coefficient (Wildman–Crippen LogP) is 4.18. The van der Waals surface area contributed by atoms with Gasteiger partial charge < -0.3 is 20.3 Å². The lowest BCUT2D eigenvalue weighted by atomic mass is 10.2. The molecule has 9 heteroatoms. The van der Waals surface area contributed by atoms with E-state index in [9.17, 15) is 18.0 Å². The number of benzene rings is 2. The van der Waals surface area contributed by atoms with Gasteiger partial charge in [-0.25, -0.2) is 4.79 Å². The van der Waals surface area contributed by atoms with Crippen LogP contribution < -0.4 is 20.3 Å². The molecule has 5 nitrogen and oxygen atoms in total. The second-order valence-electron chi connectivity index (χ2n) is 6.85. The predicted molar refractivity (Wildman–Crippen MR) is 113 cm³/mol. The fraction of sp³-hybridized carbons (Fsp3) is 0.381. The zero-order valence-electron chi connectivity index (χ0n) is 16.4. The average molecular weight is 440 g/mol. The van der Waals surface area contributed by atoms with Gasteiger partial charge in [-0.1, -0.05) is 24.3 Å². The largest absolute Gasteiger partial charge is 0.484 e. The van der Waals surface area contributed by atoms with Crippen LogP contribution >= 0.6 is 11.8 Å². The highest BCUT2D eigenvalue weighted by Gasteiger charge is 2.28. The second-order valence-corrected chi connectivity index (χ2v) is 8.08. The molecule has 162 valence electrons. The minimum Gasteiger partial charge on any atom is -0.484 e. The van der Waals surface area contributed by atoms with Crippen LogP contribution in [-0.2, 0) is 13.1 Å². The Morgan fingerprint density at radius 2 is 1.67 bits per heavy atom. The Morgan fingerprint density at radius 3 is 2.33 bits per heavy atom. The third-order valence-electron chi connectivity index (χ3n) is 4.52. The Labute approximate surface area is 178 Å². The molecule has 0 saturated carbocycles. The Morgan fingerprint density at radius 1 is 1.00 bits per heavy atom. The number of urea groups is 1. The fourth-order valence-electron chi connectivity index (χ4n) is 2.98. The van der Waals surface area contributed by atoms with Crippen molar-refractivity contribution in [2.24, 2.45) is 0 Å². The zero-order valence-corrected chi connectivity index (χ0v) is 17.2. The molecular formula is C21H24F3N3O2S. The second kappa shape index (κ2) is 10.5. The van der Waals surface area contributed by atoms with Gasteiger partial charge in [0.1, 0.15) is 5.75 Å². The minimum atomic E-state index is -4.39. The van der Waals surface area contributed by atoms with Crippen LogP contribution in [0.2, 0.25) is 0 Å². The highest BCUT2D eigenvalue weighted by Crippen LogP contribution is 2.20. The van der Waals surface area contributed by atoms with E-state index >= 15 is 0 Å². The molecule has 0 atom stereocenters. The van der Waals surface area contributed by atoms with Crippen molar-refractivity contribution in [3.8, 4) is 5.75 Å². The summed E-state index contributed by atoms with van der Waals surface area (Å²) in [7, 11) is 0. The number of ether oxygens (including phenoxy) is 1. The van der Waals surface area contributed by atoms with Gasteiger partial charge in [0.25, 0.3) is 0 Å². The Bertz CT molecular complexity index is 825. The van der Waals surface area contributed by atoms with Gasteiger partial charge in [-0.2, -0.15) is 24.9 Å². The molecule has 0 radical (unpaired) electrons. The molecule has 2 N–H and O–H groups in total. The first kappa shape index (κ1) is 22.1. The Hall–Kier alpha value is -2.55. The van der Waals surface area contributed by atoms with E-state index in [2.05, 4.69) is 27.7 Å². The third-order valence-corrected chi connectivity index (χ3v) is 5.46. The number of amides is 2. The number of carbonyl (C=O) groups excluding carboxylic acids is 1. The van der Waals surface area contributed by atoms with Crippen molar-refractivity contribution < 1.29 is 22.7 Å². The van der Waals surface area contributed by atoms with Crippen molar-refractivity contribution >= 4 is 23.5 Å². The summed E-state index contributed by atoms with van der Waals surface area (Å²) in [6, 6.07) is 14.0. The summed E-state index contributed by atoms with van der Waals surface area (Å²) in [5.41, 5.74) is 2.83. The van der Waals surface area contributed by atoms with E-state index in [1.807, 2.05) is 23.9 Å². The third kappa shape index (κ3) is 7.37. The first-order valence-corrected chi connectivity index (χ1v) is 10.8. The maximum absolute atomic E-state index is 12.2. The van der Waals surface area contributed by atoms with Crippen LogP contribution in [0, 0.1) is 0 Å². The van der Waals surface area contributed by atoms with Gasteiger partial charge in [-0.05, 0) is 35.4 Å². The van der Waals surface area contributed by atoms with Gasteiger partial charge in [0.2, 0.25) is 0 Å². The van der Waals surface area contributed by atoms with Gasteiger partial charge in [0.15, 0.2) is 6.61 Å².